The first-order valence-electron chi connectivity index (χ1n) is 6.57. The summed E-state index contributed by atoms with van der Waals surface area (Å²) in [5.41, 5.74) is 7.34. The zero-order chi connectivity index (χ0) is 14.1. The minimum atomic E-state index is -0.0571. The molecule has 2 heterocycles. The molecule has 0 aliphatic rings. The number of rotatable bonds is 3. The van der Waals surface area contributed by atoms with E-state index in [9.17, 15) is 0 Å². The van der Waals surface area contributed by atoms with Crippen molar-refractivity contribution in [1.29, 1.82) is 0 Å². The average molecular weight is 283 g/mol. The van der Waals surface area contributed by atoms with Gasteiger partial charge in [-0.25, -0.2) is 5.43 Å². The van der Waals surface area contributed by atoms with E-state index < -0.39 is 0 Å². The van der Waals surface area contributed by atoms with Crippen LogP contribution in [-0.2, 0) is 0 Å². The molecule has 1 aromatic carbocycles. The first-order valence-corrected chi connectivity index (χ1v) is 7.45. The van der Waals surface area contributed by atoms with Gasteiger partial charge < -0.3 is 0 Å². The van der Waals surface area contributed by atoms with Crippen LogP contribution in [0.1, 0.15) is 27.7 Å². The zero-order valence-corrected chi connectivity index (χ0v) is 12.4. The van der Waals surface area contributed by atoms with Crippen LogP contribution in [-0.4, -0.2) is 4.98 Å². The molecule has 3 aromatic rings. The third-order valence-corrected chi connectivity index (χ3v) is 4.65. The molecule has 3 N–H and O–H groups in total. The van der Waals surface area contributed by atoms with Crippen LogP contribution in [0.2, 0.25) is 0 Å². The summed E-state index contributed by atoms with van der Waals surface area (Å²) in [5.74, 6) is 5.78. The number of thiophene rings is 1. The van der Waals surface area contributed by atoms with Gasteiger partial charge in [-0.15, -0.1) is 11.3 Å². The summed E-state index contributed by atoms with van der Waals surface area (Å²) < 4.78 is 0. The molecule has 20 heavy (non-hydrogen) atoms. The van der Waals surface area contributed by atoms with Crippen molar-refractivity contribution in [1.82, 2.24) is 10.4 Å². The highest BCUT2D eigenvalue weighted by molar-refractivity contribution is 7.10. The van der Waals surface area contributed by atoms with Gasteiger partial charge in [-0.05, 0) is 48.6 Å². The number of pyridine rings is 1. The second-order valence-electron chi connectivity index (χ2n) is 4.95. The molecule has 0 aliphatic heterocycles. The SMILES string of the molecule is Cc1ccsc1C(NN)c1cc(C)c2ccccc2n1. The highest BCUT2D eigenvalue weighted by Gasteiger charge is 2.18. The number of nitrogens with zero attached hydrogens (tertiary/aromatic N) is 1. The third kappa shape index (κ3) is 2.22. The molecule has 1 atom stereocenters. The van der Waals surface area contributed by atoms with Gasteiger partial charge in [0.25, 0.3) is 0 Å². The van der Waals surface area contributed by atoms with Gasteiger partial charge in [0.2, 0.25) is 0 Å². The average Bonchev–Trinajstić information content (AvgIpc) is 2.86. The largest absolute Gasteiger partial charge is 0.270 e. The lowest BCUT2D eigenvalue weighted by atomic mass is 10.0. The van der Waals surface area contributed by atoms with Crippen molar-refractivity contribution in [3.63, 3.8) is 0 Å². The second kappa shape index (κ2) is 5.32. The highest BCUT2D eigenvalue weighted by atomic mass is 32.1. The molecular weight excluding hydrogens is 266 g/mol. The van der Waals surface area contributed by atoms with Gasteiger partial charge in [0.15, 0.2) is 0 Å². The maximum absolute atomic E-state index is 5.78. The Bertz CT molecular complexity index is 748. The summed E-state index contributed by atoms with van der Waals surface area (Å²) >= 11 is 1.71. The Hall–Kier alpha value is -1.75. The molecule has 102 valence electrons. The molecule has 1 unspecified atom stereocenters. The Kier molecular flexibility index (Phi) is 3.53. The van der Waals surface area contributed by atoms with E-state index in [1.165, 1.54) is 21.4 Å². The number of nitrogens with one attached hydrogen (secondary N) is 1. The highest BCUT2D eigenvalue weighted by Crippen LogP contribution is 2.30. The normalized spacial score (nSPS) is 12.8. The van der Waals surface area contributed by atoms with Crippen LogP contribution in [0, 0.1) is 13.8 Å². The van der Waals surface area contributed by atoms with Crippen LogP contribution < -0.4 is 11.3 Å². The molecule has 0 saturated heterocycles. The first-order chi connectivity index (χ1) is 9.70. The second-order valence-corrected chi connectivity index (χ2v) is 5.90. The van der Waals surface area contributed by atoms with Crippen molar-refractivity contribution in [2.24, 2.45) is 5.84 Å². The van der Waals surface area contributed by atoms with Crippen LogP contribution in [0.5, 0.6) is 0 Å². The molecule has 0 fully saturated rings. The van der Waals surface area contributed by atoms with E-state index >= 15 is 0 Å². The molecule has 2 aromatic heterocycles. The van der Waals surface area contributed by atoms with Crippen molar-refractivity contribution in [2.75, 3.05) is 0 Å². The molecule has 0 radical (unpaired) electrons. The van der Waals surface area contributed by atoms with Crippen molar-refractivity contribution in [2.45, 2.75) is 19.9 Å². The van der Waals surface area contributed by atoms with E-state index in [1.807, 2.05) is 18.2 Å². The van der Waals surface area contributed by atoms with E-state index in [-0.39, 0.29) is 6.04 Å². The fourth-order valence-electron chi connectivity index (χ4n) is 2.50. The Morgan fingerprint density at radius 1 is 1.15 bits per heavy atom. The fraction of sp³-hybridized carbons (Fsp3) is 0.188. The lowest BCUT2D eigenvalue weighted by Crippen LogP contribution is -2.29. The molecule has 0 bridgehead atoms. The van der Waals surface area contributed by atoms with E-state index in [4.69, 9.17) is 10.8 Å². The molecule has 3 rings (SSSR count). The lowest BCUT2D eigenvalue weighted by molar-refractivity contribution is 0.629. The van der Waals surface area contributed by atoms with Gasteiger partial charge in [0, 0.05) is 10.3 Å². The van der Waals surface area contributed by atoms with E-state index in [2.05, 4.69) is 42.9 Å². The zero-order valence-electron chi connectivity index (χ0n) is 11.6. The monoisotopic (exact) mass is 283 g/mol. The van der Waals surface area contributed by atoms with Crippen molar-refractivity contribution in [3.8, 4) is 0 Å². The molecular formula is C16H17N3S. The molecule has 0 aliphatic carbocycles. The number of aryl methyl sites for hydroxylation is 2. The number of benzene rings is 1. The van der Waals surface area contributed by atoms with Crippen LogP contribution in [0.15, 0.2) is 41.8 Å². The van der Waals surface area contributed by atoms with Crippen LogP contribution in [0.3, 0.4) is 0 Å². The maximum atomic E-state index is 5.78. The number of hydrogen-bond acceptors (Lipinski definition) is 4. The molecule has 0 spiro atoms. The molecule has 0 saturated carbocycles. The van der Waals surface area contributed by atoms with Crippen molar-refractivity contribution in [3.05, 3.63) is 63.5 Å². The van der Waals surface area contributed by atoms with Gasteiger partial charge in [-0.1, -0.05) is 18.2 Å². The van der Waals surface area contributed by atoms with Gasteiger partial charge in [0.1, 0.15) is 0 Å². The number of para-hydroxylation sites is 1. The Morgan fingerprint density at radius 2 is 1.95 bits per heavy atom. The predicted octanol–water partition coefficient (Wildman–Crippen LogP) is 3.47. The quantitative estimate of drug-likeness (QED) is 0.571. The number of hydrogen-bond donors (Lipinski definition) is 2. The van der Waals surface area contributed by atoms with E-state index in [1.54, 1.807) is 11.3 Å². The predicted molar refractivity (Wildman–Crippen MR) is 84.7 cm³/mol. The number of nitrogens with two attached hydrogens (primary N) is 1. The Balaban J connectivity index is 2.15. The smallest absolute Gasteiger partial charge is 0.0976 e. The minimum absolute atomic E-state index is 0.0571. The standard InChI is InChI=1S/C16H17N3S/c1-10-7-8-20-16(10)15(19-17)14-9-11(2)12-5-3-4-6-13(12)18-14/h3-9,15,19H,17H2,1-2H3. The fourth-order valence-corrected chi connectivity index (χ4v) is 3.50. The summed E-state index contributed by atoms with van der Waals surface area (Å²) in [7, 11) is 0. The van der Waals surface area contributed by atoms with Crippen molar-refractivity contribution < 1.29 is 0 Å². The van der Waals surface area contributed by atoms with Gasteiger partial charge in [0.05, 0.1) is 17.3 Å². The summed E-state index contributed by atoms with van der Waals surface area (Å²) in [5, 5.41) is 3.28. The van der Waals surface area contributed by atoms with Gasteiger partial charge >= 0.3 is 0 Å². The topological polar surface area (TPSA) is 50.9 Å². The third-order valence-electron chi connectivity index (χ3n) is 3.57. The van der Waals surface area contributed by atoms with E-state index in [0.29, 0.717) is 0 Å². The maximum Gasteiger partial charge on any atom is 0.0976 e. The Morgan fingerprint density at radius 3 is 2.65 bits per heavy atom. The summed E-state index contributed by atoms with van der Waals surface area (Å²) in [4.78, 5) is 5.99. The number of aromatic nitrogens is 1. The molecule has 0 amide bonds. The van der Waals surface area contributed by atoms with Crippen LogP contribution in [0.25, 0.3) is 10.9 Å². The van der Waals surface area contributed by atoms with Crippen molar-refractivity contribution >= 4 is 22.2 Å². The van der Waals surface area contributed by atoms with Crippen LogP contribution in [0.4, 0.5) is 0 Å². The van der Waals surface area contributed by atoms with Crippen LogP contribution >= 0.6 is 11.3 Å². The summed E-state index contributed by atoms with van der Waals surface area (Å²) in [6.07, 6.45) is 0. The molecule has 3 nitrogen and oxygen atoms in total. The minimum Gasteiger partial charge on any atom is -0.270 e. The van der Waals surface area contributed by atoms with Gasteiger partial charge in [-0.3, -0.25) is 10.8 Å². The number of hydrazine groups is 1. The number of fused-ring (bicyclic) bond motifs is 1. The van der Waals surface area contributed by atoms with E-state index in [0.717, 1.165) is 11.2 Å². The van der Waals surface area contributed by atoms with Gasteiger partial charge in [-0.2, -0.15) is 0 Å². The summed E-state index contributed by atoms with van der Waals surface area (Å²) in [6.45, 7) is 4.21. The molecule has 4 heteroatoms. The summed E-state index contributed by atoms with van der Waals surface area (Å²) in [6, 6.07) is 12.4. The Labute approximate surface area is 122 Å². The first kappa shape index (κ1) is 13.2. The lowest BCUT2D eigenvalue weighted by Gasteiger charge is -2.17.